The minimum atomic E-state index is 0.0466. The quantitative estimate of drug-likeness (QED) is 0.674. The molecule has 118 valence electrons. The molecule has 3 saturated carbocycles. The molecule has 4 fully saturated rings. The average molecular weight is 289 g/mol. The monoisotopic (exact) mass is 289 g/mol. The van der Waals surface area contributed by atoms with Crippen molar-refractivity contribution in [1.29, 1.82) is 0 Å². The van der Waals surface area contributed by atoms with Crippen LogP contribution in [0.5, 0.6) is 0 Å². The molecular formula is C19H31NO. The SMILES string of the molecule is CN1CCC[C@@]2(C)C1CC[C@@H]1[C@H]2CC[C@]2(C)C(=O)CC[C@@H]12. The van der Waals surface area contributed by atoms with Crippen LogP contribution in [0.25, 0.3) is 0 Å². The van der Waals surface area contributed by atoms with Gasteiger partial charge in [0.15, 0.2) is 0 Å². The molecule has 0 N–H and O–H groups in total. The third-order valence-corrected chi connectivity index (χ3v) is 8.29. The number of piperidine rings is 1. The first-order chi connectivity index (χ1) is 9.97. The highest BCUT2D eigenvalue weighted by molar-refractivity contribution is 5.87. The van der Waals surface area contributed by atoms with Crippen LogP contribution in [0, 0.1) is 28.6 Å². The summed E-state index contributed by atoms with van der Waals surface area (Å²) >= 11 is 0. The van der Waals surface area contributed by atoms with Crippen molar-refractivity contribution in [3.8, 4) is 0 Å². The van der Waals surface area contributed by atoms with E-state index >= 15 is 0 Å². The number of likely N-dealkylation sites (tertiary alicyclic amines) is 1. The maximum Gasteiger partial charge on any atom is 0.139 e. The van der Waals surface area contributed by atoms with Crippen molar-refractivity contribution >= 4 is 5.78 Å². The fourth-order valence-corrected chi connectivity index (χ4v) is 7.15. The van der Waals surface area contributed by atoms with Crippen molar-refractivity contribution in [3.63, 3.8) is 0 Å². The molecule has 6 atom stereocenters. The van der Waals surface area contributed by atoms with Gasteiger partial charge in [-0.3, -0.25) is 4.79 Å². The molecule has 4 rings (SSSR count). The lowest BCUT2D eigenvalue weighted by Crippen LogP contribution is -2.60. The van der Waals surface area contributed by atoms with Crippen LogP contribution in [0.4, 0.5) is 0 Å². The first-order valence-corrected chi connectivity index (χ1v) is 9.20. The third-order valence-electron chi connectivity index (χ3n) is 8.29. The summed E-state index contributed by atoms with van der Waals surface area (Å²) in [7, 11) is 2.34. The second kappa shape index (κ2) is 4.57. The minimum Gasteiger partial charge on any atom is -0.303 e. The van der Waals surface area contributed by atoms with Crippen molar-refractivity contribution in [3.05, 3.63) is 0 Å². The van der Waals surface area contributed by atoms with Gasteiger partial charge >= 0.3 is 0 Å². The Morgan fingerprint density at radius 1 is 1.05 bits per heavy atom. The Labute approximate surface area is 129 Å². The highest BCUT2D eigenvalue weighted by Gasteiger charge is 2.60. The Balaban J connectivity index is 1.66. The lowest BCUT2D eigenvalue weighted by atomic mass is 9.47. The normalized spacial score (nSPS) is 54.0. The summed E-state index contributed by atoms with van der Waals surface area (Å²) < 4.78 is 0. The van der Waals surface area contributed by atoms with Gasteiger partial charge in [0, 0.05) is 17.9 Å². The zero-order chi connectivity index (χ0) is 14.8. The van der Waals surface area contributed by atoms with E-state index in [0.717, 1.165) is 24.3 Å². The molecule has 21 heavy (non-hydrogen) atoms. The van der Waals surface area contributed by atoms with Crippen LogP contribution < -0.4 is 0 Å². The standard InChI is InChI=1S/C19H31NO/c1-18-10-4-12-20(3)16(18)7-5-13-14-6-8-17(21)19(14,2)11-9-15(13)18/h13-16H,4-12H2,1-3H3/t13-,14-,15+,16?,18+,19-/m0/s1. The molecule has 0 aromatic heterocycles. The van der Waals surface area contributed by atoms with E-state index in [0.29, 0.717) is 17.1 Å². The molecular weight excluding hydrogens is 258 g/mol. The highest BCUT2D eigenvalue weighted by Crippen LogP contribution is 2.63. The first-order valence-electron chi connectivity index (χ1n) is 9.20. The molecule has 3 aliphatic carbocycles. The summed E-state index contributed by atoms with van der Waals surface area (Å²) in [4.78, 5) is 15.1. The van der Waals surface area contributed by atoms with Gasteiger partial charge in [0.25, 0.3) is 0 Å². The number of Topliss-reactive ketones (excluding diaryl/α,β-unsaturated/α-hetero) is 1. The zero-order valence-electron chi connectivity index (χ0n) is 14.0. The number of rotatable bonds is 0. The number of carbonyl (C=O) groups is 1. The summed E-state index contributed by atoms with van der Waals surface area (Å²) in [6.07, 6.45) is 10.1. The van der Waals surface area contributed by atoms with Crippen LogP contribution in [-0.2, 0) is 4.79 Å². The van der Waals surface area contributed by atoms with E-state index in [4.69, 9.17) is 0 Å². The average Bonchev–Trinajstić information content (AvgIpc) is 2.75. The van der Waals surface area contributed by atoms with E-state index in [1.165, 1.54) is 51.5 Å². The van der Waals surface area contributed by atoms with Crippen molar-refractivity contribution < 1.29 is 4.79 Å². The van der Waals surface area contributed by atoms with E-state index < -0.39 is 0 Å². The van der Waals surface area contributed by atoms with Gasteiger partial charge in [0.1, 0.15) is 5.78 Å². The zero-order valence-corrected chi connectivity index (χ0v) is 14.0. The van der Waals surface area contributed by atoms with Gasteiger partial charge in [0.05, 0.1) is 0 Å². The molecule has 0 aromatic rings. The van der Waals surface area contributed by atoms with Gasteiger partial charge in [0.2, 0.25) is 0 Å². The smallest absolute Gasteiger partial charge is 0.139 e. The molecule has 1 aliphatic heterocycles. The Hall–Kier alpha value is -0.370. The van der Waals surface area contributed by atoms with Crippen LogP contribution in [0.1, 0.15) is 65.2 Å². The fraction of sp³-hybridized carbons (Fsp3) is 0.947. The third kappa shape index (κ3) is 1.77. The predicted octanol–water partition coefficient (Wildman–Crippen LogP) is 3.89. The van der Waals surface area contributed by atoms with Crippen LogP contribution in [-0.4, -0.2) is 30.3 Å². The van der Waals surface area contributed by atoms with E-state index in [9.17, 15) is 4.79 Å². The van der Waals surface area contributed by atoms with Crippen LogP contribution in [0.2, 0.25) is 0 Å². The van der Waals surface area contributed by atoms with Gasteiger partial charge in [-0.05, 0) is 81.7 Å². The Morgan fingerprint density at radius 3 is 2.67 bits per heavy atom. The van der Waals surface area contributed by atoms with Crippen molar-refractivity contribution in [2.75, 3.05) is 13.6 Å². The van der Waals surface area contributed by atoms with Gasteiger partial charge in [-0.25, -0.2) is 0 Å². The van der Waals surface area contributed by atoms with Crippen molar-refractivity contribution in [2.45, 2.75) is 71.3 Å². The Morgan fingerprint density at radius 2 is 1.86 bits per heavy atom. The van der Waals surface area contributed by atoms with E-state index in [-0.39, 0.29) is 5.41 Å². The van der Waals surface area contributed by atoms with Gasteiger partial charge in [-0.15, -0.1) is 0 Å². The summed E-state index contributed by atoms with van der Waals surface area (Å²) in [5.74, 6) is 3.00. The van der Waals surface area contributed by atoms with E-state index in [2.05, 4.69) is 25.8 Å². The molecule has 1 heterocycles. The number of hydrogen-bond donors (Lipinski definition) is 0. The molecule has 0 radical (unpaired) electrons. The first kappa shape index (κ1) is 14.2. The van der Waals surface area contributed by atoms with Crippen LogP contribution in [0.15, 0.2) is 0 Å². The minimum absolute atomic E-state index is 0.0466. The molecule has 2 heteroatoms. The topological polar surface area (TPSA) is 20.3 Å². The lowest BCUT2D eigenvalue weighted by Gasteiger charge is -2.61. The fourth-order valence-electron chi connectivity index (χ4n) is 7.15. The summed E-state index contributed by atoms with van der Waals surface area (Å²) in [6.45, 7) is 6.17. The molecule has 1 saturated heterocycles. The Bertz CT molecular complexity index is 460. The summed E-state index contributed by atoms with van der Waals surface area (Å²) in [5.41, 5.74) is 0.563. The molecule has 0 amide bonds. The van der Waals surface area contributed by atoms with E-state index in [1.807, 2.05) is 0 Å². The number of fused-ring (bicyclic) bond motifs is 5. The van der Waals surface area contributed by atoms with Crippen LogP contribution >= 0.6 is 0 Å². The Kier molecular flexibility index (Phi) is 3.10. The largest absolute Gasteiger partial charge is 0.303 e. The lowest BCUT2D eigenvalue weighted by molar-refractivity contribution is -0.141. The highest BCUT2D eigenvalue weighted by atomic mass is 16.1. The molecule has 0 bridgehead atoms. The molecule has 0 spiro atoms. The van der Waals surface area contributed by atoms with Gasteiger partial charge < -0.3 is 4.90 Å². The summed E-state index contributed by atoms with van der Waals surface area (Å²) in [5, 5.41) is 0. The molecule has 4 aliphatic rings. The van der Waals surface area contributed by atoms with Gasteiger partial charge in [-0.1, -0.05) is 13.8 Å². The maximum atomic E-state index is 12.4. The number of ketones is 1. The van der Waals surface area contributed by atoms with Crippen LogP contribution in [0.3, 0.4) is 0 Å². The predicted molar refractivity (Wildman–Crippen MR) is 85.0 cm³/mol. The second-order valence-electron chi connectivity index (χ2n) is 8.98. The molecule has 2 nitrogen and oxygen atoms in total. The van der Waals surface area contributed by atoms with E-state index in [1.54, 1.807) is 0 Å². The van der Waals surface area contributed by atoms with Crippen molar-refractivity contribution in [1.82, 2.24) is 4.90 Å². The summed E-state index contributed by atoms with van der Waals surface area (Å²) in [6, 6.07) is 0.800. The molecule has 0 aromatic carbocycles. The number of carbonyl (C=O) groups excluding carboxylic acids is 1. The van der Waals surface area contributed by atoms with Gasteiger partial charge in [-0.2, -0.15) is 0 Å². The number of nitrogens with zero attached hydrogens (tertiary/aromatic N) is 1. The molecule has 1 unspecified atom stereocenters. The second-order valence-corrected chi connectivity index (χ2v) is 8.98. The van der Waals surface area contributed by atoms with Crippen molar-refractivity contribution in [2.24, 2.45) is 28.6 Å². The maximum absolute atomic E-state index is 12.4. The number of hydrogen-bond acceptors (Lipinski definition) is 2.